The molecule has 2 aromatic heterocycles. The van der Waals surface area contributed by atoms with Gasteiger partial charge in [0.2, 0.25) is 0 Å². The highest BCUT2D eigenvalue weighted by Gasteiger charge is 2.37. The number of aryl methyl sites for hydroxylation is 1. The maximum atomic E-state index is 13.6. The van der Waals surface area contributed by atoms with Crippen LogP contribution >= 0.6 is 0 Å². The molecule has 0 saturated heterocycles. The van der Waals surface area contributed by atoms with Crippen LogP contribution in [-0.2, 0) is 0 Å². The largest absolute Gasteiger partial charge is 0.335 e. The van der Waals surface area contributed by atoms with E-state index < -0.39 is 29.7 Å². The van der Waals surface area contributed by atoms with E-state index in [1.807, 2.05) is 0 Å². The number of halogens is 4. The fraction of sp³-hybridized carbons (Fsp3) is 0.263. The van der Waals surface area contributed by atoms with E-state index in [1.54, 1.807) is 13.1 Å². The number of hydrogen-bond donors (Lipinski definition) is 0. The fourth-order valence-electron chi connectivity index (χ4n) is 3.16. The summed E-state index contributed by atoms with van der Waals surface area (Å²) in [5.41, 5.74) is 0.834. The van der Waals surface area contributed by atoms with Crippen molar-refractivity contribution in [3.63, 3.8) is 0 Å². The van der Waals surface area contributed by atoms with Gasteiger partial charge in [-0.15, -0.1) is 0 Å². The van der Waals surface area contributed by atoms with Crippen molar-refractivity contribution in [2.24, 2.45) is 0 Å². The zero-order chi connectivity index (χ0) is 20.9. The Kier molecular flexibility index (Phi) is 4.56. The summed E-state index contributed by atoms with van der Waals surface area (Å²) in [6.45, 7) is 1.38. The molecule has 1 unspecified atom stereocenters. The molecule has 1 aromatic carbocycles. The van der Waals surface area contributed by atoms with Crippen LogP contribution in [0.4, 0.5) is 17.6 Å². The Balaban J connectivity index is 1.60. The molecule has 0 radical (unpaired) electrons. The van der Waals surface area contributed by atoms with E-state index in [1.165, 1.54) is 34.8 Å². The minimum absolute atomic E-state index is 0.0396. The van der Waals surface area contributed by atoms with Crippen molar-refractivity contribution in [3.8, 4) is 0 Å². The fourth-order valence-corrected chi connectivity index (χ4v) is 3.16. The number of carbonyl (C=O) groups excluding carboxylic acids is 1. The van der Waals surface area contributed by atoms with Gasteiger partial charge in [-0.3, -0.25) is 4.79 Å². The maximum absolute atomic E-state index is 13.6. The van der Waals surface area contributed by atoms with Crippen molar-refractivity contribution in [3.05, 3.63) is 64.2 Å². The molecule has 0 N–H and O–H groups in total. The topological polar surface area (TPSA) is 63.4 Å². The number of benzene rings is 1. The van der Waals surface area contributed by atoms with E-state index in [0.717, 1.165) is 11.6 Å². The SMILES string of the molecule is Cc1cc(C(=O)N(C)C2C/C2=C/c2cc(C(F)F)nc3ncnn23)cc(F)c1F. The van der Waals surface area contributed by atoms with Gasteiger partial charge >= 0.3 is 0 Å². The van der Waals surface area contributed by atoms with Crippen molar-refractivity contribution in [2.75, 3.05) is 7.05 Å². The molecule has 0 bridgehead atoms. The number of fused-ring (bicyclic) bond motifs is 1. The van der Waals surface area contributed by atoms with Crippen LogP contribution in [0.5, 0.6) is 0 Å². The molecule has 10 heteroatoms. The zero-order valence-electron chi connectivity index (χ0n) is 15.4. The highest BCUT2D eigenvalue weighted by molar-refractivity contribution is 5.95. The molecule has 1 fully saturated rings. The van der Waals surface area contributed by atoms with Crippen molar-refractivity contribution >= 4 is 17.8 Å². The molecule has 150 valence electrons. The molecule has 1 aliphatic carbocycles. The minimum atomic E-state index is -2.76. The van der Waals surface area contributed by atoms with Gasteiger partial charge in [0.05, 0.1) is 11.7 Å². The van der Waals surface area contributed by atoms with Gasteiger partial charge in [0, 0.05) is 12.6 Å². The number of carbonyl (C=O) groups is 1. The number of likely N-dealkylation sites (N-methyl/N-ethyl adjacent to an activating group) is 1. The second-order valence-electron chi connectivity index (χ2n) is 6.82. The maximum Gasteiger partial charge on any atom is 0.280 e. The van der Waals surface area contributed by atoms with E-state index in [9.17, 15) is 22.4 Å². The van der Waals surface area contributed by atoms with Gasteiger partial charge < -0.3 is 4.90 Å². The molecule has 2 heterocycles. The van der Waals surface area contributed by atoms with Crippen LogP contribution < -0.4 is 0 Å². The quantitative estimate of drug-likeness (QED) is 0.623. The lowest BCUT2D eigenvalue weighted by Crippen LogP contribution is -2.29. The second-order valence-corrected chi connectivity index (χ2v) is 6.82. The molecule has 1 atom stereocenters. The molecule has 1 amide bonds. The Hall–Kier alpha value is -3.30. The molecular weight excluding hydrogens is 390 g/mol. The van der Waals surface area contributed by atoms with Gasteiger partial charge in [-0.25, -0.2) is 22.5 Å². The summed E-state index contributed by atoms with van der Waals surface area (Å²) >= 11 is 0. The summed E-state index contributed by atoms with van der Waals surface area (Å²) in [4.78, 5) is 21.6. The molecule has 1 aliphatic rings. The molecule has 4 rings (SSSR count). The highest BCUT2D eigenvalue weighted by atomic mass is 19.3. The van der Waals surface area contributed by atoms with Gasteiger partial charge in [-0.2, -0.15) is 14.6 Å². The third-order valence-corrected chi connectivity index (χ3v) is 4.80. The van der Waals surface area contributed by atoms with Crippen molar-refractivity contribution in [1.82, 2.24) is 24.5 Å². The number of amides is 1. The third-order valence-electron chi connectivity index (χ3n) is 4.80. The molecule has 6 nitrogen and oxygen atoms in total. The van der Waals surface area contributed by atoms with E-state index >= 15 is 0 Å². The van der Waals surface area contributed by atoms with E-state index in [0.29, 0.717) is 12.1 Å². The van der Waals surface area contributed by atoms with Crippen molar-refractivity contribution in [2.45, 2.75) is 25.8 Å². The predicted octanol–water partition coefficient (Wildman–Crippen LogP) is 3.58. The molecule has 0 spiro atoms. The van der Waals surface area contributed by atoms with Gasteiger partial charge in [-0.05, 0) is 48.8 Å². The Morgan fingerprint density at radius 2 is 2.07 bits per heavy atom. The van der Waals surface area contributed by atoms with Crippen molar-refractivity contribution < 1.29 is 22.4 Å². The normalized spacial score (nSPS) is 17.3. The van der Waals surface area contributed by atoms with Crippen molar-refractivity contribution in [1.29, 1.82) is 0 Å². The smallest absolute Gasteiger partial charge is 0.280 e. The standard InChI is InChI=1S/C19H15F4N5O/c1-9-3-11(5-13(20)16(9)21)18(29)27(2)15-6-10(15)4-12-7-14(17(22)23)26-19-24-8-25-28(12)19/h3-5,7-8,15,17H,6H2,1-2H3/b10-4-. The lowest BCUT2D eigenvalue weighted by Gasteiger charge is -2.16. The van der Waals surface area contributed by atoms with Crippen LogP contribution in [0.3, 0.4) is 0 Å². The highest BCUT2D eigenvalue weighted by Crippen LogP contribution is 2.37. The van der Waals surface area contributed by atoms with Crippen LogP contribution in [-0.4, -0.2) is 43.5 Å². The van der Waals surface area contributed by atoms with Gasteiger partial charge in [0.25, 0.3) is 18.1 Å². The minimum Gasteiger partial charge on any atom is -0.335 e. The molecule has 1 saturated carbocycles. The molecule has 3 aromatic rings. The van der Waals surface area contributed by atoms with Gasteiger partial charge in [0.1, 0.15) is 12.0 Å². The molecule has 29 heavy (non-hydrogen) atoms. The third kappa shape index (κ3) is 3.45. The zero-order valence-corrected chi connectivity index (χ0v) is 15.4. The van der Waals surface area contributed by atoms with Crippen LogP contribution in [0, 0.1) is 18.6 Å². The predicted molar refractivity (Wildman–Crippen MR) is 95.3 cm³/mol. The number of nitrogens with zero attached hydrogens (tertiary/aromatic N) is 5. The van der Waals surface area contributed by atoms with Crippen LogP contribution in [0.15, 0.2) is 30.1 Å². The summed E-state index contributed by atoms with van der Waals surface area (Å²) in [5, 5.41) is 3.98. The first-order valence-electron chi connectivity index (χ1n) is 8.68. The molecule has 0 aliphatic heterocycles. The Labute approximate surface area is 162 Å². The number of aromatic nitrogens is 4. The van der Waals surface area contributed by atoms with Crippen LogP contribution in [0.1, 0.15) is 40.2 Å². The molecular formula is C19H15F4N5O. The monoisotopic (exact) mass is 405 g/mol. The summed E-state index contributed by atoms with van der Waals surface area (Å²) in [6, 6.07) is 3.09. The second kappa shape index (κ2) is 6.94. The summed E-state index contributed by atoms with van der Waals surface area (Å²) in [7, 11) is 1.55. The Bertz CT molecular complexity index is 1130. The van der Waals surface area contributed by atoms with E-state index in [2.05, 4.69) is 15.1 Å². The van der Waals surface area contributed by atoms with Gasteiger partial charge in [0.15, 0.2) is 11.6 Å². The Morgan fingerprint density at radius 1 is 1.31 bits per heavy atom. The van der Waals surface area contributed by atoms with Crippen LogP contribution in [0.25, 0.3) is 11.9 Å². The van der Waals surface area contributed by atoms with E-state index in [4.69, 9.17) is 0 Å². The van der Waals surface area contributed by atoms with Crippen LogP contribution in [0.2, 0.25) is 0 Å². The Morgan fingerprint density at radius 3 is 2.76 bits per heavy atom. The lowest BCUT2D eigenvalue weighted by atomic mass is 10.1. The average molecular weight is 405 g/mol. The first-order chi connectivity index (χ1) is 13.8. The van der Waals surface area contributed by atoms with E-state index in [-0.39, 0.29) is 22.9 Å². The number of alkyl halides is 2. The summed E-state index contributed by atoms with van der Waals surface area (Å²) in [6.07, 6.45) is 0.628. The summed E-state index contributed by atoms with van der Waals surface area (Å²) < 4.78 is 54.6. The lowest BCUT2D eigenvalue weighted by molar-refractivity contribution is 0.0789. The van der Waals surface area contributed by atoms with Gasteiger partial charge in [-0.1, -0.05) is 0 Å². The first kappa shape index (κ1) is 19.0. The number of hydrogen-bond acceptors (Lipinski definition) is 4. The first-order valence-corrected chi connectivity index (χ1v) is 8.68. The number of rotatable bonds is 4. The average Bonchev–Trinajstić information content (AvgIpc) is 3.27. The summed E-state index contributed by atoms with van der Waals surface area (Å²) in [5.74, 6) is -2.48.